The first-order valence-corrected chi connectivity index (χ1v) is 10.1. The summed E-state index contributed by atoms with van der Waals surface area (Å²) < 4.78 is 5.57. The van der Waals surface area contributed by atoms with E-state index in [1.54, 1.807) is 17.0 Å². The van der Waals surface area contributed by atoms with E-state index in [2.05, 4.69) is 16.8 Å². The number of rotatable bonds is 7. The van der Waals surface area contributed by atoms with Crippen LogP contribution in [-0.2, 0) is 0 Å². The fourth-order valence-corrected chi connectivity index (χ4v) is 4.23. The first kappa shape index (κ1) is 20.7. The van der Waals surface area contributed by atoms with Crippen molar-refractivity contribution in [2.75, 3.05) is 19.8 Å². The number of amides is 1. The van der Waals surface area contributed by atoms with Crippen LogP contribution < -0.4 is 4.74 Å². The number of carbonyl (C=O) groups is 1. The first-order valence-electron chi connectivity index (χ1n) is 10.1. The molecule has 1 aliphatic heterocycles. The number of phenols is 1. The zero-order chi connectivity index (χ0) is 22.1. The van der Waals surface area contributed by atoms with E-state index in [1.807, 2.05) is 44.2 Å². The van der Waals surface area contributed by atoms with E-state index in [0.29, 0.717) is 34.9 Å². The van der Waals surface area contributed by atoms with Crippen LogP contribution in [0.3, 0.4) is 0 Å². The molecule has 7 heteroatoms. The molecule has 1 atom stereocenters. The van der Waals surface area contributed by atoms with Crippen molar-refractivity contribution in [2.45, 2.75) is 19.9 Å². The van der Waals surface area contributed by atoms with Crippen LogP contribution >= 0.6 is 0 Å². The van der Waals surface area contributed by atoms with Gasteiger partial charge in [-0.1, -0.05) is 30.9 Å². The van der Waals surface area contributed by atoms with Crippen molar-refractivity contribution < 1.29 is 19.7 Å². The Balaban J connectivity index is 1.84. The lowest BCUT2D eigenvalue weighted by atomic mass is 9.93. The molecule has 7 nitrogen and oxygen atoms in total. The highest BCUT2D eigenvalue weighted by Crippen LogP contribution is 2.45. The van der Waals surface area contributed by atoms with Gasteiger partial charge in [-0.3, -0.25) is 9.89 Å². The number of aryl methyl sites for hydroxylation is 2. The predicted octanol–water partition coefficient (Wildman–Crippen LogP) is 3.50. The summed E-state index contributed by atoms with van der Waals surface area (Å²) in [6.45, 7) is 7.89. The van der Waals surface area contributed by atoms with Gasteiger partial charge in [-0.05, 0) is 48.7 Å². The molecule has 0 fully saturated rings. The standard InChI is InChI=1S/C24H25N3O4/c1-4-11-31-17-7-5-16(6-8-17)23-20-21(19-15(3)12-14(2)13-18(19)29)25-26-22(20)24(30)27(23)9-10-28/h4-8,12-13,23,28-29H,1,9-11H2,2-3H3,(H,25,26). The summed E-state index contributed by atoms with van der Waals surface area (Å²) in [6.07, 6.45) is 1.67. The Hall–Kier alpha value is -3.58. The Labute approximate surface area is 180 Å². The Kier molecular flexibility index (Phi) is 5.52. The lowest BCUT2D eigenvalue weighted by Gasteiger charge is -2.26. The molecule has 2 heterocycles. The van der Waals surface area contributed by atoms with Gasteiger partial charge < -0.3 is 19.8 Å². The van der Waals surface area contributed by atoms with Crippen molar-refractivity contribution >= 4 is 5.91 Å². The number of phenolic OH excluding ortho intramolecular Hbond substituents is 1. The van der Waals surface area contributed by atoms with Gasteiger partial charge in [-0.25, -0.2) is 0 Å². The van der Waals surface area contributed by atoms with Crippen LogP contribution in [0.25, 0.3) is 11.3 Å². The SMILES string of the molecule is C=CCOc1ccc(C2c3c(-c4c(C)cc(C)cc4O)n[nH]c3C(=O)N2CCO)cc1. The van der Waals surface area contributed by atoms with Crippen LogP contribution in [0.2, 0.25) is 0 Å². The molecule has 3 aromatic rings. The summed E-state index contributed by atoms with van der Waals surface area (Å²) in [7, 11) is 0. The molecule has 0 aliphatic carbocycles. The number of H-pyrrole nitrogens is 1. The Morgan fingerprint density at radius 3 is 2.65 bits per heavy atom. The third-order valence-electron chi connectivity index (χ3n) is 5.46. The molecule has 31 heavy (non-hydrogen) atoms. The maximum absolute atomic E-state index is 13.1. The number of hydrogen-bond acceptors (Lipinski definition) is 5. The van der Waals surface area contributed by atoms with Crippen molar-refractivity contribution in [2.24, 2.45) is 0 Å². The number of β-amino-alcohol motifs (C(OH)–C–C–N with tert-alkyl or cyclic N) is 1. The number of hydrogen-bond donors (Lipinski definition) is 3. The number of aliphatic hydroxyl groups excluding tert-OH is 1. The largest absolute Gasteiger partial charge is 0.507 e. The van der Waals surface area contributed by atoms with Gasteiger partial charge in [0.2, 0.25) is 0 Å². The quantitative estimate of drug-likeness (QED) is 0.509. The number of nitrogens with zero attached hydrogens (tertiary/aromatic N) is 2. The molecule has 1 aromatic heterocycles. The Morgan fingerprint density at radius 1 is 1.26 bits per heavy atom. The Morgan fingerprint density at radius 2 is 2.00 bits per heavy atom. The number of aliphatic hydroxyl groups is 1. The molecular weight excluding hydrogens is 394 g/mol. The predicted molar refractivity (Wildman–Crippen MR) is 117 cm³/mol. The van der Waals surface area contributed by atoms with E-state index in [1.165, 1.54) is 0 Å². The number of nitrogens with one attached hydrogen (secondary N) is 1. The summed E-state index contributed by atoms with van der Waals surface area (Å²) in [4.78, 5) is 14.7. The summed E-state index contributed by atoms with van der Waals surface area (Å²) >= 11 is 0. The van der Waals surface area contributed by atoms with Gasteiger partial charge >= 0.3 is 0 Å². The average molecular weight is 419 g/mol. The highest BCUT2D eigenvalue weighted by Gasteiger charge is 2.42. The minimum Gasteiger partial charge on any atom is -0.507 e. The zero-order valence-electron chi connectivity index (χ0n) is 17.6. The number of ether oxygens (including phenoxy) is 1. The van der Waals surface area contributed by atoms with Crippen molar-refractivity contribution in [3.8, 4) is 22.8 Å². The molecule has 0 bridgehead atoms. The lowest BCUT2D eigenvalue weighted by molar-refractivity contribution is 0.0706. The van der Waals surface area contributed by atoms with Crippen LogP contribution in [0.4, 0.5) is 0 Å². The maximum Gasteiger partial charge on any atom is 0.273 e. The van der Waals surface area contributed by atoms with E-state index in [9.17, 15) is 15.0 Å². The van der Waals surface area contributed by atoms with E-state index < -0.39 is 6.04 Å². The molecule has 1 aliphatic rings. The molecule has 3 N–H and O–H groups in total. The van der Waals surface area contributed by atoms with Crippen LogP contribution in [0.1, 0.15) is 38.8 Å². The monoisotopic (exact) mass is 419 g/mol. The van der Waals surface area contributed by atoms with Gasteiger partial charge in [0.05, 0.1) is 12.6 Å². The molecule has 1 amide bonds. The average Bonchev–Trinajstić information content (AvgIpc) is 3.26. The topological polar surface area (TPSA) is 98.7 Å². The second-order valence-corrected chi connectivity index (χ2v) is 7.63. The summed E-state index contributed by atoms with van der Waals surface area (Å²) in [5.74, 6) is 0.581. The molecular formula is C24H25N3O4. The number of aromatic hydroxyl groups is 1. The van der Waals surface area contributed by atoms with E-state index in [4.69, 9.17) is 4.74 Å². The summed E-state index contributed by atoms with van der Waals surface area (Å²) in [5, 5.41) is 27.5. The second-order valence-electron chi connectivity index (χ2n) is 7.63. The van der Waals surface area contributed by atoms with Crippen molar-refractivity contribution in [1.82, 2.24) is 15.1 Å². The minimum absolute atomic E-state index is 0.117. The molecule has 0 saturated carbocycles. The highest BCUT2D eigenvalue weighted by atomic mass is 16.5. The highest BCUT2D eigenvalue weighted by molar-refractivity contribution is 6.00. The van der Waals surface area contributed by atoms with E-state index in [0.717, 1.165) is 16.7 Å². The number of fused-ring (bicyclic) bond motifs is 1. The lowest BCUT2D eigenvalue weighted by Crippen LogP contribution is -2.32. The van der Waals surface area contributed by atoms with Crippen molar-refractivity contribution in [3.63, 3.8) is 0 Å². The van der Waals surface area contributed by atoms with Crippen LogP contribution in [-0.4, -0.2) is 51.0 Å². The van der Waals surface area contributed by atoms with Gasteiger partial charge in [0, 0.05) is 17.7 Å². The smallest absolute Gasteiger partial charge is 0.273 e. The third kappa shape index (κ3) is 3.57. The van der Waals surface area contributed by atoms with Gasteiger partial charge in [-0.15, -0.1) is 0 Å². The molecule has 0 radical (unpaired) electrons. The van der Waals surface area contributed by atoms with Crippen molar-refractivity contribution in [3.05, 3.63) is 77.0 Å². The van der Waals surface area contributed by atoms with Gasteiger partial charge in [0.25, 0.3) is 5.91 Å². The Bertz CT molecular complexity index is 1110. The number of aromatic nitrogens is 2. The molecule has 2 aromatic carbocycles. The van der Waals surface area contributed by atoms with Crippen LogP contribution in [0.5, 0.6) is 11.5 Å². The third-order valence-corrected chi connectivity index (χ3v) is 5.46. The summed E-state index contributed by atoms with van der Waals surface area (Å²) in [5.41, 5.74) is 4.87. The van der Waals surface area contributed by atoms with E-state index >= 15 is 0 Å². The number of carbonyl (C=O) groups excluding carboxylic acids is 1. The molecule has 160 valence electrons. The second kappa shape index (κ2) is 8.28. The van der Waals surface area contributed by atoms with Crippen molar-refractivity contribution in [1.29, 1.82) is 0 Å². The van der Waals surface area contributed by atoms with Crippen LogP contribution in [0, 0.1) is 13.8 Å². The minimum atomic E-state index is -0.447. The fourth-order valence-electron chi connectivity index (χ4n) is 4.23. The van der Waals surface area contributed by atoms with Crippen LogP contribution in [0.15, 0.2) is 49.1 Å². The normalized spacial score (nSPS) is 15.3. The molecule has 0 saturated heterocycles. The fraction of sp³-hybridized carbons (Fsp3) is 0.250. The van der Waals surface area contributed by atoms with E-state index in [-0.39, 0.29) is 24.8 Å². The molecule has 1 unspecified atom stereocenters. The first-order chi connectivity index (χ1) is 15.0. The zero-order valence-corrected chi connectivity index (χ0v) is 17.6. The van der Waals surface area contributed by atoms with Gasteiger partial charge in [-0.2, -0.15) is 5.10 Å². The van der Waals surface area contributed by atoms with Gasteiger partial charge in [0.1, 0.15) is 29.5 Å². The maximum atomic E-state index is 13.1. The molecule has 4 rings (SSSR count). The summed E-state index contributed by atoms with van der Waals surface area (Å²) in [6, 6.07) is 10.7. The number of aromatic amines is 1. The number of benzene rings is 2. The van der Waals surface area contributed by atoms with Gasteiger partial charge in [0.15, 0.2) is 0 Å². The molecule has 0 spiro atoms.